The highest BCUT2D eigenvalue weighted by molar-refractivity contribution is 5.96. The Bertz CT molecular complexity index is 1110. The number of ketones is 1. The Hall–Kier alpha value is -3.60. The molecule has 0 bridgehead atoms. The van der Waals surface area contributed by atoms with Crippen LogP contribution in [0.4, 0.5) is 5.69 Å². The molecule has 0 amide bonds. The monoisotopic (exact) mass is 400 g/mol. The Balaban J connectivity index is 1.42. The molecule has 0 saturated carbocycles. The first-order valence-electron chi connectivity index (χ1n) is 9.87. The second-order valence-electron chi connectivity index (χ2n) is 7.91. The Labute approximate surface area is 176 Å². The van der Waals surface area contributed by atoms with E-state index in [-0.39, 0.29) is 17.8 Å². The summed E-state index contributed by atoms with van der Waals surface area (Å²) in [5.41, 5.74) is 4.22. The molecule has 0 atom stereocenters. The van der Waals surface area contributed by atoms with Crippen LogP contribution in [0.3, 0.4) is 0 Å². The van der Waals surface area contributed by atoms with Crippen molar-refractivity contribution in [1.29, 1.82) is 0 Å². The molecule has 1 aliphatic rings. The van der Waals surface area contributed by atoms with Gasteiger partial charge in [0.15, 0.2) is 12.4 Å². The lowest BCUT2D eigenvalue weighted by molar-refractivity contribution is -0.117. The molecule has 0 saturated heterocycles. The molecule has 0 fully saturated rings. The number of nitrogens with zero attached hydrogens (tertiary/aromatic N) is 2. The fourth-order valence-corrected chi connectivity index (χ4v) is 3.95. The van der Waals surface area contributed by atoms with Crippen molar-refractivity contribution in [1.82, 2.24) is 4.57 Å². The molecule has 3 aromatic rings. The number of rotatable bonds is 5. The number of ether oxygens (including phenoxy) is 1. The lowest BCUT2D eigenvalue weighted by Gasteiger charge is -2.23. The Morgan fingerprint density at radius 2 is 1.63 bits per heavy atom. The molecule has 30 heavy (non-hydrogen) atoms. The minimum atomic E-state index is -0.511. The van der Waals surface area contributed by atoms with E-state index in [1.165, 1.54) is 5.56 Å². The molecule has 0 radical (unpaired) electrons. The average Bonchev–Trinajstić information content (AvgIpc) is 3.35. The molecule has 4 rings (SSSR count). The van der Waals surface area contributed by atoms with Crippen molar-refractivity contribution in [3.8, 4) is 5.69 Å². The summed E-state index contributed by atoms with van der Waals surface area (Å²) in [6, 6.07) is 19.1. The highest BCUT2D eigenvalue weighted by atomic mass is 16.5. The van der Waals surface area contributed by atoms with Crippen LogP contribution >= 0.6 is 0 Å². The zero-order chi connectivity index (χ0) is 21.3. The third-order valence-corrected chi connectivity index (χ3v) is 5.59. The molecule has 5 heteroatoms. The number of esters is 1. The van der Waals surface area contributed by atoms with Crippen LogP contribution < -0.4 is 4.90 Å². The topological polar surface area (TPSA) is 51.5 Å². The van der Waals surface area contributed by atoms with Gasteiger partial charge in [-0.05, 0) is 48.0 Å². The first-order valence-corrected chi connectivity index (χ1v) is 9.87. The molecule has 1 aromatic heterocycles. The molecule has 0 N–H and O–H groups in total. The molecule has 152 valence electrons. The van der Waals surface area contributed by atoms with E-state index in [0.29, 0.717) is 5.56 Å². The molecule has 1 aliphatic heterocycles. The van der Waals surface area contributed by atoms with Crippen molar-refractivity contribution in [2.24, 2.45) is 0 Å². The van der Waals surface area contributed by atoms with Crippen molar-refractivity contribution in [3.63, 3.8) is 0 Å². The normalized spacial score (nSPS) is 15.8. The summed E-state index contributed by atoms with van der Waals surface area (Å²) in [4.78, 5) is 26.9. The van der Waals surface area contributed by atoms with E-state index in [2.05, 4.69) is 19.9 Å². The van der Waals surface area contributed by atoms with Crippen molar-refractivity contribution >= 4 is 17.4 Å². The molecular weight excluding hydrogens is 376 g/mol. The van der Waals surface area contributed by atoms with Crippen molar-refractivity contribution in [2.75, 3.05) is 18.6 Å². The van der Waals surface area contributed by atoms with Crippen LogP contribution in [-0.4, -0.2) is 30.0 Å². The number of benzene rings is 2. The van der Waals surface area contributed by atoms with E-state index < -0.39 is 5.97 Å². The number of anilines is 1. The van der Waals surface area contributed by atoms with Crippen LogP contribution in [0.25, 0.3) is 5.69 Å². The summed E-state index contributed by atoms with van der Waals surface area (Å²) in [5, 5.41) is 0. The predicted octanol–water partition coefficient (Wildman–Crippen LogP) is 4.51. The molecule has 0 unspecified atom stereocenters. The van der Waals surface area contributed by atoms with E-state index in [9.17, 15) is 9.59 Å². The van der Waals surface area contributed by atoms with Gasteiger partial charge in [-0.2, -0.15) is 0 Å². The quantitative estimate of drug-likeness (QED) is 0.467. The summed E-state index contributed by atoms with van der Waals surface area (Å²) >= 11 is 0. The highest BCUT2D eigenvalue weighted by Crippen LogP contribution is 2.46. The predicted molar refractivity (Wildman–Crippen MR) is 117 cm³/mol. The van der Waals surface area contributed by atoms with Crippen LogP contribution in [0.2, 0.25) is 0 Å². The number of carbonyl (C=O) groups is 2. The van der Waals surface area contributed by atoms with Gasteiger partial charge in [0.25, 0.3) is 0 Å². The van der Waals surface area contributed by atoms with Crippen molar-refractivity contribution < 1.29 is 14.3 Å². The van der Waals surface area contributed by atoms with Gasteiger partial charge in [0.2, 0.25) is 0 Å². The van der Waals surface area contributed by atoms with Gasteiger partial charge in [-0.15, -0.1) is 0 Å². The maximum Gasteiger partial charge on any atom is 0.338 e. The van der Waals surface area contributed by atoms with Crippen molar-refractivity contribution in [2.45, 2.75) is 19.3 Å². The number of hydrogen-bond donors (Lipinski definition) is 0. The maximum atomic E-state index is 12.5. The van der Waals surface area contributed by atoms with E-state index in [0.717, 1.165) is 17.1 Å². The fraction of sp³-hybridized carbons (Fsp3) is 0.200. The highest BCUT2D eigenvalue weighted by Gasteiger charge is 2.38. The minimum Gasteiger partial charge on any atom is -0.454 e. The summed E-state index contributed by atoms with van der Waals surface area (Å²) in [7, 11) is 1.95. The SMILES string of the molecule is CN1C(=CC(=O)COC(=O)c2ccc(-n3cccc3)cc2)C(C)(C)c2ccccc21. The zero-order valence-electron chi connectivity index (χ0n) is 17.3. The zero-order valence-corrected chi connectivity index (χ0v) is 17.3. The summed E-state index contributed by atoms with van der Waals surface area (Å²) in [6.07, 6.45) is 5.45. The van der Waals surface area contributed by atoms with Crippen LogP contribution in [0.1, 0.15) is 29.8 Å². The number of fused-ring (bicyclic) bond motifs is 1. The largest absolute Gasteiger partial charge is 0.454 e. The fourth-order valence-electron chi connectivity index (χ4n) is 3.95. The maximum absolute atomic E-state index is 12.5. The summed E-state index contributed by atoms with van der Waals surface area (Å²) in [6.45, 7) is 3.89. The Kier molecular flexibility index (Phi) is 5.04. The minimum absolute atomic E-state index is 0.241. The number of allylic oxidation sites excluding steroid dienone is 1. The molecule has 5 nitrogen and oxygen atoms in total. The average molecular weight is 400 g/mol. The lowest BCUT2D eigenvalue weighted by Crippen LogP contribution is -2.25. The number of para-hydroxylation sites is 1. The van der Waals surface area contributed by atoms with E-state index in [1.807, 2.05) is 71.4 Å². The Morgan fingerprint density at radius 3 is 2.30 bits per heavy atom. The van der Waals surface area contributed by atoms with Crippen molar-refractivity contribution in [3.05, 3.63) is 96.0 Å². The molecule has 2 aromatic carbocycles. The first kappa shape index (κ1) is 19.7. The van der Waals surface area contributed by atoms with Gasteiger partial charge in [-0.25, -0.2) is 4.79 Å². The summed E-state index contributed by atoms with van der Waals surface area (Å²) in [5.74, 6) is -0.752. The van der Waals surface area contributed by atoms with E-state index >= 15 is 0 Å². The second kappa shape index (κ2) is 7.67. The van der Waals surface area contributed by atoms with Crippen LogP contribution in [0.5, 0.6) is 0 Å². The number of likely N-dealkylation sites (N-methyl/N-ethyl adjacent to an activating group) is 1. The smallest absolute Gasteiger partial charge is 0.338 e. The van der Waals surface area contributed by atoms with Gasteiger partial charge < -0.3 is 14.2 Å². The van der Waals surface area contributed by atoms with E-state index in [1.54, 1.807) is 18.2 Å². The van der Waals surface area contributed by atoms with E-state index in [4.69, 9.17) is 4.74 Å². The van der Waals surface area contributed by atoms with Gasteiger partial charge >= 0.3 is 5.97 Å². The third-order valence-electron chi connectivity index (χ3n) is 5.59. The number of carbonyl (C=O) groups excluding carboxylic acids is 2. The van der Waals surface area contributed by atoms with Crippen LogP contribution in [0.15, 0.2) is 84.8 Å². The third kappa shape index (κ3) is 3.54. The van der Waals surface area contributed by atoms with Gasteiger partial charge in [0, 0.05) is 48.0 Å². The van der Waals surface area contributed by atoms with Gasteiger partial charge in [0.05, 0.1) is 5.56 Å². The summed E-state index contributed by atoms with van der Waals surface area (Å²) < 4.78 is 7.20. The van der Waals surface area contributed by atoms with Crippen LogP contribution in [-0.2, 0) is 14.9 Å². The molecule has 0 spiro atoms. The first-order chi connectivity index (χ1) is 14.4. The molecular formula is C25H24N2O3. The van der Waals surface area contributed by atoms with Gasteiger partial charge in [-0.3, -0.25) is 4.79 Å². The molecule has 2 heterocycles. The lowest BCUT2D eigenvalue weighted by atomic mass is 9.83. The van der Waals surface area contributed by atoms with Gasteiger partial charge in [-0.1, -0.05) is 32.0 Å². The van der Waals surface area contributed by atoms with Gasteiger partial charge in [0.1, 0.15) is 0 Å². The Morgan fingerprint density at radius 1 is 0.967 bits per heavy atom. The van der Waals surface area contributed by atoms with Crippen LogP contribution in [0, 0.1) is 0 Å². The second-order valence-corrected chi connectivity index (χ2v) is 7.91. The standard InChI is InChI=1S/C25H24N2O3/c1-25(2)21-8-4-5-9-22(21)26(3)23(25)16-20(28)17-30-24(29)18-10-12-19(13-11-18)27-14-6-7-15-27/h4-16H,17H2,1-3H3. The molecule has 0 aliphatic carbocycles. The number of hydrogen-bond acceptors (Lipinski definition) is 4. The number of aromatic nitrogens is 1.